The number of amides is 1. The van der Waals surface area contributed by atoms with Crippen molar-refractivity contribution in [2.45, 2.75) is 39.5 Å². The Labute approximate surface area is 224 Å². The quantitative estimate of drug-likeness (QED) is 0.423. The maximum absolute atomic E-state index is 13.0. The van der Waals surface area contributed by atoms with Crippen LogP contribution >= 0.6 is 11.3 Å². The number of ether oxygens (including phenoxy) is 4. The van der Waals surface area contributed by atoms with Gasteiger partial charge in [0.1, 0.15) is 5.00 Å². The Morgan fingerprint density at radius 2 is 1.87 bits per heavy atom. The van der Waals surface area contributed by atoms with Gasteiger partial charge in [0.05, 0.1) is 17.7 Å². The summed E-state index contributed by atoms with van der Waals surface area (Å²) in [5, 5.41) is 3.22. The predicted octanol–water partition coefficient (Wildman–Crippen LogP) is 4.40. The zero-order valence-corrected chi connectivity index (χ0v) is 22.0. The number of carbonyl (C=O) groups is 3. The molecule has 1 aromatic heterocycles. The summed E-state index contributed by atoms with van der Waals surface area (Å²) in [5.41, 5.74) is 2.74. The molecule has 0 spiro atoms. The number of rotatable bonds is 8. The minimum Gasteiger partial charge on any atom is -0.462 e. The van der Waals surface area contributed by atoms with Crippen LogP contribution in [0.3, 0.4) is 0 Å². The van der Waals surface area contributed by atoms with Crippen LogP contribution in [0.15, 0.2) is 48.5 Å². The third-order valence-corrected chi connectivity index (χ3v) is 7.49. The second-order valence-electron chi connectivity index (χ2n) is 8.98. The molecular weight excluding hydrogens is 508 g/mol. The number of hydrogen-bond donors (Lipinski definition) is 1. The molecule has 0 saturated carbocycles. The number of nitrogens with one attached hydrogen (secondary N) is 1. The van der Waals surface area contributed by atoms with Crippen LogP contribution in [-0.2, 0) is 33.8 Å². The van der Waals surface area contributed by atoms with Gasteiger partial charge in [-0.3, -0.25) is 9.69 Å². The van der Waals surface area contributed by atoms with E-state index in [0.29, 0.717) is 35.0 Å². The van der Waals surface area contributed by atoms with Gasteiger partial charge in [0.25, 0.3) is 5.91 Å². The molecule has 1 atom stereocenters. The monoisotopic (exact) mass is 536 g/mol. The SMILES string of the molecule is CCOC(=O)c1c(NC(=O)[C@H](C)OC(=O)c2ccc3c(c2)OCO3)sc2c1CCN(Cc1ccccc1)C2. The Kier molecular flexibility index (Phi) is 7.62. The molecule has 3 heterocycles. The Hall–Kier alpha value is -3.89. The minimum absolute atomic E-state index is 0.0875. The Bertz CT molecular complexity index is 1350. The summed E-state index contributed by atoms with van der Waals surface area (Å²) >= 11 is 1.36. The number of esters is 2. The van der Waals surface area contributed by atoms with Gasteiger partial charge < -0.3 is 24.3 Å². The molecule has 0 bridgehead atoms. The molecule has 0 radical (unpaired) electrons. The third-order valence-electron chi connectivity index (χ3n) is 6.36. The van der Waals surface area contributed by atoms with Gasteiger partial charge >= 0.3 is 11.9 Å². The van der Waals surface area contributed by atoms with Crippen molar-refractivity contribution in [3.63, 3.8) is 0 Å². The number of nitrogens with zero attached hydrogens (tertiary/aromatic N) is 1. The highest BCUT2D eigenvalue weighted by molar-refractivity contribution is 7.17. The van der Waals surface area contributed by atoms with E-state index < -0.39 is 23.9 Å². The lowest BCUT2D eigenvalue weighted by molar-refractivity contribution is -0.123. The number of benzene rings is 2. The first kappa shape index (κ1) is 25.7. The Balaban J connectivity index is 1.29. The smallest absolute Gasteiger partial charge is 0.341 e. The molecule has 1 amide bonds. The van der Waals surface area contributed by atoms with E-state index in [0.717, 1.165) is 23.5 Å². The fourth-order valence-corrected chi connectivity index (χ4v) is 5.74. The summed E-state index contributed by atoms with van der Waals surface area (Å²) in [5.74, 6) is -0.686. The number of fused-ring (bicyclic) bond motifs is 2. The van der Waals surface area contributed by atoms with Gasteiger partial charge in [-0.15, -0.1) is 11.3 Å². The topological polar surface area (TPSA) is 103 Å². The summed E-state index contributed by atoms with van der Waals surface area (Å²) in [7, 11) is 0. The fourth-order valence-electron chi connectivity index (χ4n) is 4.46. The van der Waals surface area contributed by atoms with Gasteiger partial charge in [-0.2, -0.15) is 0 Å². The average Bonchev–Trinajstić information content (AvgIpc) is 3.52. The van der Waals surface area contributed by atoms with E-state index in [2.05, 4.69) is 22.3 Å². The molecule has 3 aromatic rings. The molecule has 38 heavy (non-hydrogen) atoms. The standard InChI is InChI=1S/C28H28N2O7S/c1-3-34-28(33)24-20-11-12-30(14-18-7-5-4-6-8-18)15-23(20)38-26(24)29-25(31)17(2)37-27(32)19-9-10-21-22(13-19)36-16-35-21/h4-10,13,17H,3,11-12,14-16H2,1-2H3,(H,29,31)/t17-/m0/s1. The molecule has 0 saturated heterocycles. The molecule has 2 aliphatic rings. The summed E-state index contributed by atoms with van der Waals surface area (Å²) in [6.07, 6.45) is -0.436. The van der Waals surface area contributed by atoms with Crippen molar-refractivity contribution in [3.8, 4) is 11.5 Å². The molecule has 1 N–H and O–H groups in total. The number of carbonyl (C=O) groups excluding carboxylic acids is 3. The molecule has 0 aliphatic carbocycles. The Morgan fingerprint density at radius 3 is 2.66 bits per heavy atom. The van der Waals surface area contributed by atoms with E-state index in [-0.39, 0.29) is 19.0 Å². The van der Waals surface area contributed by atoms with Crippen molar-refractivity contribution >= 4 is 34.2 Å². The first-order valence-corrected chi connectivity index (χ1v) is 13.2. The van der Waals surface area contributed by atoms with E-state index in [9.17, 15) is 14.4 Å². The number of thiophene rings is 1. The lowest BCUT2D eigenvalue weighted by atomic mass is 10.0. The van der Waals surface area contributed by atoms with Crippen LogP contribution in [0.4, 0.5) is 5.00 Å². The molecular formula is C28H28N2O7S. The molecule has 198 valence electrons. The van der Waals surface area contributed by atoms with Crippen LogP contribution < -0.4 is 14.8 Å². The Morgan fingerprint density at radius 1 is 1.08 bits per heavy atom. The molecule has 10 heteroatoms. The van der Waals surface area contributed by atoms with Gasteiger partial charge in [-0.05, 0) is 49.6 Å². The van der Waals surface area contributed by atoms with Crippen molar-refractivity contribution in [2.75, 3.05) is 25.3 Å². The highest BCUT2D eigenvalue weighted by Crippen LogP contribution is 2.38. The van der Waals surface area contributed by atoms with Gasteiger partial charge in [0.2, 0.25) is 6.79 Å². The predicted molar refractivity (Wildman–Crippen MR) is 141 cm³/mol. The van der Waals surface area contributed by atoms with Gasteiger partial charge in [0.15, 0.2) is 17.6 Å². The van der Waals surface area contributed by atoms with Crippen LogP contribution in [0.1, 0.15) is 50.6 Å². The normalized spacial score (nSPS) is 14.9. The third kappa shape index (κ3) is 5.51. The summed E-state index contributed by atoms with van der Waals surface area (Å²) < 4.78 is 21.3. The number of anilines is 1. The van der Waals surface area contributed by atoms with E-state index >= 15 is 0 Å². The number of hydrogen-bond acceptors (Lipinski definition) is 9. The van der Waals surface area contributed by atoms with E-state index in [1.165, 1.54) is 29.9 Å². The van der Waals surface area contributed by atoms with E-state index in [1.807, 2.05) is 18.2 Å². The molecule has 2 aliphatic heterocycles. The summed E-state index contributed by atoms with van der Waals surface area (Å²) in [4.78, 5) is 41.9. The van der Waals surface area contributed by atoms with Crippen molar-refractivity contribution in [3.05, 3.63) is 75.7 Å². The van der Waals surface area contributed by atoms with Crippen LogP contribution in [0.5, 0.6) is 11.5 Å². The van der Waals surface area contributed by atoms with Crippen molar-refractivity contribution < 1.29 is 33.3 Å². The molecule has 2 aromatic carbocycles. The van der Waals surface area contributed by atoms with Crippen molar-refractivity contribution in [1.29, 1.82) is 0 Å². The first-order valence-electron chi connectivity index (χ1n) is 12.4. The molecule has 9 nitrogen and oxygen atoms in total. The van der Waals surface area contributed by atoms with Crippen molar-refractivity contribution in [1.82, 2.24) is 4.90 Å². The molecule has 5 rings (SSSR count). The highest BCUT2D eigenvalue weighted by Gasteiger charge is 2.31. The highest BCUT2D eigenvalue weighted by atomic mass is 32.1. The van der Waals surface area contributed by atoms with Crippen LogP contribution in [-0.4, -0.2) is 48.8 Å². The lowest BCUT2D eigenvalue weighted by Gasteiger charge is -2.27. The maximum Gasteiger partial charge on any atom is 0.341 e. The largest absolute Gasteiger partial charge is 0.462 e. The zero-order chi connectivity index (χ0) is 26.6. The minimum atomic E-state index is -1.10. The lowest BCUT2D eigenvalue weighted by Crippen LogP contribution is -2.31. The van der Waals surface area contributed by atoms with Gasteiger partial charge in [0, 0.05) is 24.5 Å². The van der Waals surface area contributed by atoms with Crippen LogP contribution in [0, 0.1) is 0 Å². The zero-order valence-electron chi connectivity index (χ0n) is 21.2. The van der Waals surface area contributed by atoms with Crippen LogP contribution in [0.2, 0.25) is 0 Å². The molecule has 0 unspecified atom stereocenters. The van der Waals surface area contributed by atoms with Gasteiger partial charge in [-0.25, -0.2) is 9.59 Å². The van der Waals surface area contributed by atoms with E-state index in [1.54, 1.807) is 19.1 Å². The molecule has 0 fully saturated rings. The second-order valence-corrected chi connectivity index (χ2v) is 10.1. The first-order chi connectivity index (χ1) is 18.4. The maximum atomic E-state index is 13.0. The van der Waals surface area contributed by atoms with Crippen LogP contribution in [0.25, 0.3) is 0 Å². The van der Waals surface area contributed by atoms with E-state index in [4.69, 9.17) is 18.9 Å². The van der Waals surface area contributed by atoms with Gasteiger partial charge in [-0.1, -0.05) is 30.3 Å². The van der Waals surface area contributed by atoms with Crippen molar-refractivity contribution in [2.24, 2.45) is 0 Å². The second kappa shape index (κ2) is 11.2. The average molecular weight is 537 g/mol. The summed E-state index contributed by atoms with van der Waals surface area (Å²) in [6, 6.07) is 14.9. The fraction of sp³-hybridized carbons (Fsp3) is 0.321. The summed E-state index contributed by atoms with van der Waals surface area (Å²) in [6.45, 7) is 5.77.